The Kier molecular flexibility index (Phi) is 4.18. The van der Waals surface area contributed by atoms with Crippen molar-refractivity contribution >= 4 is 29.5 Å². The molecule has 0 N–H and O–H groups in total. The zero-order chi connectivity index (χ0) is 11.6. The fraction of sp³-hybridized carbons (Fsp3) is 0.900. The standard InChI is InChI=1S/C10H18ClNO2S/c1-10(2,3)14-9(13)12-5-7(11)8(6-12)15-4/h7-8H,5-6H2,1-4H3/t7-,8+/m1/s1. The lowest BCUT2D eigenvalue weighted by Gasteiger charge is -2.24. The summed E-state index contributed by atoms with van der Waals surface area (Å²) in [5.41, 5.74) is -0.434. The first kappa shape index (κ1) is 13.0. The molecule has 15 heavy (non-hydrogen) atoms. The second-order valence-electron chi connectivity index (χ2n) is 4.68. The van der Waals surface area contributed by atoms with Crippen molar-refractivity contribution in [1.82, 2.24) is 4.90 Å². The molecule has 0 aromatic heterocycles. The van der Waals surface area contributed by atoms with Crippen LogP contribution in [0.2, 0.25) is 0 Å². The number of halogens is 1. The Bertz CT molecular complexity index is 242. The van der Waals surface area contributed by atoms with Gasteiger partial charge in [-0.25, -0.2) is 4.79 Å². The molecular formula is C10H18ClNO2S. The van der Waals surface area contributed by atoms with E-state index >= 15 is 0 Å². The quantitative estimate of drug-likeness (QED) is 0.671. The molecule has 0 unspecified atom stereocenters. The largest absolute Gasteiger partial charge is 0.444 e. The highest BCUT2D eigenvalue weighted by Crippen LogP contribution is 2.26. The van der Waals surface area contributed by atoms with Crippen molar-refractivity contribution in [2.45, 2.75) is 37.0 Å². The van der Waals surface area contributed by atoms with Crippen LogP contribution >= 0.6 is 23.4 Å². The number of carbonyl (C=O) groups excluding carboxylic acids is 1. The first-order chi connectivity index (χ1) is 6.83. The van der Waals surface area contributed by atoms with Crippen molar-refractivity contribution in [2.75, 3.05) is 19.3 Å². The molecule has 3 nitrogen and oxygen atoms in total. The van der Waals surface area contributed by atoms with E-state index in [1.807, 2.05) is 27.0 Å². The van der Waals surface area contributed by atoms with Crippen LogP contribution in [0.25, 0.3) is 0 Å². The maximum Gasteiger partial charge on any atom is 0.410 e. The second-order valence-corrected chi connectivity index (χ2v) is 6.31. The average molecular weight is 252 g/mol. The van der Waals surface area contributed by atoms with Crippen molar-refractivity contribution in [1.29, 1.82) is 0 Å². The molecule has 88 valence electrons. The van der Waals surface area contributed by atoms with Gasteiger partial charge in [-0.15, -0.1) is 11.6 Å². The van der Waals surface area contributed by atoms with Gasteiger partial charge in [0.05, 0.1) is 5.38 Å². The molecule has 1 saturated heterocycles. The van der Waals surface area contributed by atoms with Crippen molar-refractivity contribution in [3.8, 4) is 0 Å². The van der Waals surface area contributed by atoms with Gasteiger partial charge in [0.15, 0.2) is 0 Å². The van der Waals surface area contributed by atoms with E-state index in [0.717, 1.165) is 0 Å². The van der Waals surface area contributed by atoms with Crippen LogP contribution in [0.4, 0.5) is 4.79 Å². The lowest BCUT2D eigenvalue weighted by atomic mass is 10.2. The topological polar surface area (TPSA) is 29.5 Å². The van der Waals surface area contributed by atoms with E-state index in [2.05, 4.69) is 0 Å². The fourth-order valence-electron chi connectivity index (χ4n) is 1.43. The van der Waals surface area contributed by atoms with Gasteiger partial charge in [-0.3, -0.25) is 0 Å². The monoisotopic (exact) mass is 251 g/mol. The Morgan fingerprint density at radius 2 is 2.07 bits per heavy atom. The summed E-state index contributed by atoms with van der Waals surface area (Å²) in [5, 5.41) is 0.353. The van der Waals surface area contributed by atoms with Crippen LogP contribution in [-0.4, -0.2) is 46.6 Å². The van der Waals surface area contributed by atoms with Gasteiger partial charge >= 0.3 is 6.09 Å². The highest BCUT2D eigenvalue weighted by Gasteiger charge is 2.35. The third-order valence-electron chi connectivity index (χ3n) is 2.15. The van der Waals surface area contributed by atoms with Gasteiger partial charge in [0.25, 0.3) is 0 Å². The van der Waals surface area contributed by atoms with Crippen molar-refractivity contribution in [3.63, 3.8) is 0 Å². The molecular weight excluding hydrogens is 234 g/mol. The first-order valence-corrected chi connectivity index (χ1v) is 6.70. The molecule has 5 heteroatoms. The summed E-state index contributed by atoms with van der Waals surface area (Å²) in [5.74, 6) is 0. The molecule has 0 bridgehead atoms. The Labute approximate surface area is 100 Å². The lowest BCUT2D eigenvalue weighted by Crippen LogP contribution is -2.35. The van der Waals surface area contributed by atoms with Crippen LogP contribution in [0.15, 0.2) is 0 Å². The number of nitrogens with zero attached hydrogens (tertiary/aromatic N) is 1. The summed E-state index contributed by atoms with van der Waals surface area (Å²) in [6, 6.07) is 0. The molecule has 0 spiro atoms. The Morgan fingerprint density at radius 1 is 1.47 bits per heavy atom. The van der Waals surface area contributed by atoms with Crippen molar-refractivity contribution in [3.05, 3.63) is 0 Å². The Morgan fingerprint density at radius 3 is 2.47 bits per heavy atom. The average Bonchev–Trinajstić information content (AvgIpc) is 2.43. The molecule has 1 fully saturated rings. The molecule has 0 aliphatic carbocycles. The minimum atomic E-state index is -0.434. The summed E-state index contributed by atoms with van der Waals surface area (Å²) >= 11 is 7.82. The molecule has 1 rings (SSSR count). The molecule has 0 aromatic carbocycles. The number of rotatable bonds is 1. The van der Waals surface area contributed by atoms with Crippen LogP contribution in [0, 0.1) is 0 Å². The molecule has 1 aliphatic rings. The van der Waals surface area contributed by atoms with Gasteiger partial charge in [0.2, 0.25) is 0 Å². The summed E-state index contributed by atoms with van der Waals surface area (Å²) in [7, 11) is 0. The molecule has 1 amide bonds. The van der Waals surface area contributed by atoms with Crippen LogP contribution < -0.4 is 0 Å². The minimum absolute atomic E-state index is 0.0347. The zero-order valence-corrected chi connectivity index (χ0v) is 11.2. The SMILES string of the molecule is CS[C@H]1CN(C(=O)OC(C)(C)C)C[C@H]1Cl. The highest BCUT2D eigenvalue weighted by atomic mass is 35.5. The minimum Gasteiger partial charge on any atom is -0.444 e. The third-order valence-corrected chi connectivity index (χ3v) is 3.83. The second kappa shape index (κ2) is 4.83. The molecule has 0 radical (unpaired) electrons. The maximum atomic E-state index is 11.7. The van der Waals surface area contributed by atoms with Gasteiger partial charge in [-0.05, 0) is 27.0 Å². The summed E-state index contributed by atoms with van der Waals surface area (Å²) in [6.07, 6.45) is 1.75. The van der Waals surface area contributed by atoms with Gasteiger partial charge in [0, 0.05) is 18.3 Å². The molecule has 0 aromatic rings. The van der Waals surface area contributed by atoms with Crippen LogP contribution in [0.5, 0.6) is 0 Å². The smallest absolute Gasteiger partial charge is 0.410 e. The number of hydrogen-bond acceptors (Lipinski definition) is 3. The Hall–Kier alpha value is -0.0900. The van der Waals surface area contributed by atoms with E-state index in [9.17, 15) is 4.79 Å². The number of likely N-dealkylation sites (tertiary alicyclic amines) is 1. The third kappa shape index (κ3) is 3.76. The van der Waals surface area contributed by atoms with E-state index in [1.165, 1.54) is 0 Å². The number of carbonyl (C=O) groups is 1. The molecule has 1 aliphatic heterocycles. The number of amides is 1. The van der Waals surface area contributed by atoms with Gasteiger partial charge in [-0.2, -0.15) is 11.8 Å². The van der Waals surface area contributed by atoms with Crippen molar-refractivity contribution < 1.29 is 9.53 Å². The Balaban J connectivity index is 2.50. The summed E-state index contributed by atoms with van der Waals surface area (Å²) < 4.78 is 5.28. The van der Waals surface area contributed by atoms with E-state index in [1.54, 1.807) is 16.7 Å². The maximum absolute atomic E-state index is 11.7. The van der Waals surface area contributed by atoms with Crippen molar-refractivity contribution in [2.24, 2.45) is 0 Å². The predicted molar refractivity (Wildman–Crippen MR) is 64.8 cm³/mol. The zero-order valence-electron chi connectivity index (χ0n) is 9.62. The number of hydrogen-bond donors (Lipinski definition) is 0. The lowest BCUT2D eigenvalue weighted by molar-refractivity contribution is 0.0296. The van der Waals surface area contributed by atoms with Gasteiger partial charge in [0.1, 0.15) is 5.60 Å². The summed E-state index contributed by atoms with van der Waals surface area (Å²) in [4.78, 5) is 13.4. The van der Waals surface area contributed by atoms with Crippen LogP contribution in [0.3, 0.4) is 0 Å². The van der Waals surface area contributed by atoms with Crippen LogP contribution in [-0.2, 0) is 4.74 Å². The summed E-state index contributed by atoms with van der Waals surface area (Å²) in [6.45, 7) is 6.87. The number of alkyl halides is 1. The molecule has 0 saturated carbocycles. The molecule has 1 heterocycles. The normalized spacial score (nSPS) is 26.9. The van der Waals surface area contributed by atoms with Gasteiger partial charge in [-0.1, -0.05) is 0 Å². The number of ether oxygens (including phenoxy) is 1. The first-order valence-electron chi connectivity index (χ1n) is 4.98. The van der Waals surface area contributed by atoms with E-state index in [0.29, 0.717) is 18.3 Å². The predicted octanol–water partition coefficient (Wildman–Crippen LogP) is 2.58. The fourth-order valence-corrected chi connectivity index (χ4v) is 2.70. The van der Waals surface area contributed by atoms with E-state index < -0.39 is 5.60 Å². The van der Waals surface area contributed by atoms with Gasteiger partial charge < -0.3 is 9.64 Å². The van der Waals surface area contributed by atoms with E-state index in [-0.39, 0.29) is 11.5 Å². The highest BCUT2D eigenvalue weighted by molar-refractivity contribution is 7.99. The number of thioether (sulfide) groups is 1. The van der Waals surface area contributed by atoms with Crippen LogP contribution in [0.1, 0.15) is 20.8 Å². The van der Waals surface area contributed by atoms with E-state index in [4.69, 9.17) is 16.3 Å². The molecule has 2 atom stereocenters.